The number of amides is 1. The Hall–Kier alpha value is -2.23. The summed E-state index contributed by atoms with van der Waals surface area (Å²) < 4.78 is 32.7. The van der Waals surface area contributed by atoms with E-state index < -0.39 is 17.7 Å². The fraction of sp³-hybridized carbons (Fsp3) is 0.562. The lowest BCUT2D eigenvalue weighted by atomic mass is 9.83. The summed E-state index contributed by atoms with van der Waals surface area (Å²) in [6.07, 6.45) is 1.53. The Balaban J connectivity index is 1.89. The number of hydrogen-bond acceptors (Lipinski definition) is 4. The van der Waals surface area contributed by atoms with E-state index in [1.807, 2.05) is 6.07 Å². The second-order valence-electron chi connectivity index (χ2n) is 6.22. The second kappa shape index (κ2) is 5.76. The summed E-state index contributed by atoms with van der Waals surface area (Å²) in [5, 5.41) is 9.09. The molecule has 1 aromatic rings. The van der Waals surface area contributed by atoms with Crippen LogP contribution >= 0.6 is 0 Å². The van der Waals surface area contributed by atoms with Crippen molar-refractivity contribution in [3.63, 3.8) is 0 Å². The molecule has 7 heteroatoms. The molecule has 0 bridgehead atoms. The monoisotopic (exact) mass is 321 g/mol. The maximum atomic E-state index is 13.6. The molecule has 1 aromatic heterocycles. The van der Waals surface area contributed by atoms with Gasteiger partial charge in [-0.3, -0.25) is 9.78 Å². The van der Waals surface area contributed by atoms with Gasteiger partial charge in [-0.25, -0.2) is 8.78 Å². The fourth-order valence-electron chi connectivity index (χ4n) is 3.04. The summed E-state index contributed by atoms with van der Waals surface area (Å²) in [6.45, 7) is 1.87. The Labute approximate surface area is 132 Å². The molecule has 1 saturated carbocycles. The first-order chi connectivity index (χ1) is 11.0. The van der Waals surface area contributed by atoms with Gasteiger partial charge in [0.2, 0.25) is 5.91 Å². The summed E-state index contributed by atoms with van der Waals surface area (Å²) in [7, 11) is 0. The van der Waals surface area contributed by atoms with Crippen LogP contribution in [0.3, 0.4) is 0 Å². The van der Waals surface area contributed by atoms with Gasteiger partial charge in [0, 0.05) is 18.0 Å². The van der Waals surface area contributed by atoms with Gasteiger partial charge in [-0.05, 0) is 25.7 Å². The summed E-state index contributed by atoms with van der Waals surface area (Å²) >= 11 is 0. The van der Waals surface area contributed by atoms with Crippen molar-refractivity contribution in [2.24, 2.45) is 11.3 Å². The molecular formula is C16H17F2N3O2. The molecule has 1 fully saturated rings. The number of nitriles is 1. The molecule has 1 atom stereocenters. The average Bonchev–Trinajstić information content (AvgIpc) is 3.38. The van der Waals surface area contributed by atoms with Crippen molar-refractivity contribution < 1.29 is 18.3 Å². The SMILES string of the molecule is C[C@@](C(=O)N1CCOc2c(C#N)cncc2C1)(C(F)F)C1CC1. The minimum atomic E-state index is -2.70. The van der Waals surface area contributed by atoms with Crippen LogP contribution in [0.1, 0.15) is 30.9 Å². The minimum absolute atomic E-state index is 0.131. The molecule has 0 N–H and O–H groups in total. The van der Waals surface area contributed by atoms with Gasteiger partial charge in [0.25, 0.3) is 6.43 Å². The third-order valence-electron chi connectivity index (χ3n) is 4.69. The van der Waals surface area contributed by atoms with E-state index in [-0.39, 0.29) is 31.2 Å². The Morgan fingerprint density at radius 3 is 2.87 bits per heavy atom. The highest BCUT2D eigenvalue weighted by molar-refractivity contribution is 5.83. The van der Waals surface area contributed by atoms with Crippen molar-refractivity contribution in [2.75, 3.05) is 13.2 Å². The normalized spacial score (nSPS) is 20.0. The molecule has 3 rings (SSSR count). The van der Waals surface area contributed by atoms with E-state index in [9.17, 15) is 13.6 Å². The van der Waals surface area contributed by atoms with E-state index in [0.29, 0.717) is 24.2 Å². The smallest absolute Gasteiger partial charge is 0.252 e. The predicted molar refractivity (Wildman–Crippen MR) is 76.7 cm³/mol. The van der Waals surface area contributed by atoms with Gasteiger partial charge in [-0.15, -0.1) is 0 Å². The van der Waals surface area contributed by atoms with E-state index in [0.717, 1.165) is 0 Å². The Kier molecular flexibility index (Phi) is 3.92. The van der Waals surface area contributed by atoms with E-state index in [1.165, 1.54) is 24.2 Å². The number of carbonyl (C=O) groups excluding carboxylic acids is 1. The average molecular weight is 321 g/mol. The number of carbonyl (C=O) groups is 1. The molecule has 0 aromatic carbocycles. The molecule has 1 aliphatic carbocycles. The number of fused-ring (bicyclic) bond motifs is 1. The topological polar surface area (TPSA) is 66.2 Å². The van der Waals surface area contributed by atoms with Gasteiger partial charge < -0.3 is 9.64 Å². The zero-order valence-corrected chi connectivity index (χ0v) is 12.8. The minimum Gasteiger partial charge on any atom is -0.490 e. The number of pyridine rings is 1. The number of nitrogens with zero attached hydrogens (tertiary/aromatic N) is 3. The summed E-state index contributed by atoms with van der Waals surface area (Å²) in [4.78, 5) is 18.1. The third kappa shape index (κ3) is 2.62. The Morgan fingerprint density at radius 1 is 1.52 bits per heavy atom. The number of halogens is 2. The maximum Gasteiger partial charge on any atom is 0.252 e. The van der Waals surface area contributed by atoms with Gasteiger partial charge in [0.1, 0.15) is 29.4 Å². The lowest BCUT2D eigenvalue weighted by Gasteiger charge is -2.33. The molecule has 1 aliphatic heterocycles. The van der Waals surface area contributed by atoms with Crippen LogP contribution in [0, 0.1) is 22.7 Å². The van der Waals surface area contributed by atoms with Gasteiger partial charge >= 0.3 is 0 Å². The lowest BCUT2D eigenvalue weighted by molar-refractivity contribution is -0.153. The molecule has 5 nitrogen and oxygen atoms in total. The molecule has 0 radical (unpaired) electrons. The maximum absolute atomic E-state index is 13.6. The summed E-state index contributed by atoms with van der Waals surface area (Å²) in [5.41, 5.74) is -0.789. The zero-order valence-electron chi connectivity index (χ0n) is 12.8. The first kappa shape index (κ1) is 15.7. The largest absolute Gasteiger partial charge is 0.490 e. The van der Waals surface area contributed by atoms with Crippen LogP contribution in [-0.4, -0.2) is 35.4 Å². The van der Waals surface area contributed by atoms with Crippen molar-refractivity contribution in [1.82, 2.24) is 9.88 Å². The number of rotatable bonds is 3. The van der Waals surface area contributed by atoms with Crippen LogP contribution in [0.2, 0.25) is 0 Å². The summed E-state index contributed by atoms with van der Waals surface area (Å²) in [5.74, 6) is -0.418. The highest BCUT2D eigenvalue weighted by Crippen LogP contribution is 2.50. The number of aromatic nitrogens is 1. The molecule has 2 aliphatic rings. The van der Waals surface area contributed by atoms with Crippen molar-refractivity contribution in [2.45, 2.75) is 32.7 Å². The zero-order chi connectivity index (χ0) is 16.6. The summed E-state index contributed by atoms with van der Waals surface area (Å²) in [6, 6.07) is 1.99. The highest BCUT2D eigenvalue weighted by Gasteiger charge is 2.55. The van der Waals surface area contributed by atoms with Gasteiger partial charge in [-0.1, -0.05) is 0 Å². The van der Waals surface area contributed by atoms with Gasteiger partial charge in [-0.2, -0.15) is 5.26 Å². The number of ether oxygens (including phenoxy) is 1. The van der Waals surface area contributed by atoms with Crippen LogP contribution in [0.4, 0.5) is 8.78 Å². The molecule has 23 heavy (non-hydrogen) atoms. The Morgan fingerprint density at radius 2 is 2.26 bits per heavy atom. The number of alkyl halides is 2. The molecule has 1 amide bonds. The van der Waals surface area contributed by atoms with E-state index >= 15 is 0 Å². The fourth-order valence-corrected chi connectivity index (χ4v) is 3.04. The lowest BCUT2D eigenvalue weighted by Crippen LogP contribution is -2.48. The second-order valence-corrected chi connectivity index (χ2v) is 6.22. The van der Waals surface area contributed by atoms with Crippen molar-refractivity contribution in [1.29, 1.82) is 5.26 Å². The van der Waals surface area contributed by atoms with Crippen LogP contribution in [0.5, 0.6) is 5.75 Å². The van der Waals surface area contributed by atoms with Crippen LogP contribution in [0.15, 0.2) is 12.4 Å². The molecule has 0 saturated heterocycles. The quantitative estimate of drug-likeness (QED) is 0.857. The molecule has 122 valence electrons. The van der Waals surface area contributed by atoms with Crippen LogP contribution in [-0.2, 0) is 11.3 Å². The molecular weight excluding hydrogens is 304 g/mol. The van der Waals surface area contributed by atoms with Crippen molar-refractivity contribution in [3.8, 4) is 11.8 Å². The van der Waals surface area contributed by atoms with E-state index in [1.54, 1.807) is 0 Å². The molecule has 0 spiro atoms. The molecule has 0 unspecified atom stereocenters. The van der Waals surface area contributed by atoms with Gasteiger partial charge in [0.15, 0.2) is 0 Å². The van der Waals surface area contributed by atoms with Crippen molar-refractivity contribution in [3.05, 3.63) is 23.5 Å². The first-order valence-electron chi connectivity index (χ1n) is 7.55. The third-order valence-corrected chi connectivity index (χ3v) is 4.69. The highest BCUT2D eigenvalue weighted by atomic mass is 19.3. The standard InChI is InChI=1S/C16H17F2N3O2/c1-16(14(17)18,12-2-3-12)15(22)21-4-5-23-13-10(6-19)7-20-8-11(13)9-21/h7-8,12,14H,2-5,9H2,1H3/t16-/m0/s1. The van der Waals surface area contributed by atoms with E-state index in [4.69, 9.17) is 10.00 Å². The first-order valence-corrected chi connectivity index (χ1v) is 7.55. The predicted octanol–water partition coefficient (Wildman–Crippen LogP) is 2.36. The van der Waals surface area contributed by atoms with Crippen LogP contribution < -0.4 is 4.74 Å². The Bertz CT molecular complexity index is 666. The number of hydrogen-bond donors (Lipinski definition) is 0. The van der Waals surface area contributed by atoms with E-state index in [2.05, 4.69) is 4.98 Å². The van der Waals surface area contributed by atoms with Crippen LogP contribution in [0.25, 0.3) is 0 Å². The van der Waals surface area contributed by atoms with Crippen molar-refractivity contribution >= 4 is 5.91 Å². The van der Waals surface area contributed by atoms with Gasteiger partial charge in [0.05, 0.1) is 13.1 Å². The molecule has 2 heterocycles.